The first kappa shape index (κ1) is 31.9. The SMILES string of the molecule is [2H]c1c([2H])c([2H])c(-c2cccc(-c3c([2H])c([2H])c([2H])c([2H])c3[2H])c2N2CN(c3cccc(Oc4ccc5c6cc(-c7cc(C(C)(C)C)cc(C(C)(C)C)c7)ccc6n(-c6ccccn6)c5c4)c3)c3ccccc32)c([2H])c1[2H]. The summed E-state index contributed by atoms with van der Waals surface area (Å²) in [5.74, 6) is 1.92. The maximum Gasteiger partial charge on any atom is 0.137 e. The van der Waals surface area contributed by atoms with Crippen LogP contribution in [0, 0.1) is 0 Å². The van der Waals surface area contributed by atoms with E-state index < -0.39 is 60.4 Å². The highest BCUT2D eigenvalue weighted by atomic mass is 16.5. The molecule has 2 aromatic heterocycles. The minimum atomic E-state index is -0.552. The first-order chi connectivity index (χ1) is 36.6. The fraction of sp³-hybridized carbons (Fsp3) is 0.145. The molecular formula is C62H54N4O. The Balaban J connectivity index is 1.01. The summed E-state index contributed by atoms with van der Waals surface area (Å²) in [6.45, 7) is 13.6. The Hall–Kier alpha value is -7.89. The second kappa shape index (κ2) is 16.5. The average molecular weight is 881 g/mol. The van der Waals surface area contributed by atoms with Gasteiger partial charge in [0.2, 0.25) is 0 Å². The van der Waals surface area contributed by atoms with Gasteiger partial charge in [-0.05, 0) is 105 Å². The predicted molar refractivity (Wildman–Crippen MR) is 281 cm³/mol. The molecule has 10 aromatic rings. The highest BCUT2D eigenvalue weighted by molar-refractivity contribution is 6.11. The highest BCUT2D eigenvalue weighted by Gasteiger charge is 2.31. The zero-order valence-corrected chi connectivity index (χ0v) is 38.3. The van der Waals surface area contributed by atoms with Gasteiger partial charge in [-0.25, -0.2) is 4.98 Å². The van der Waals surface area contributed by atoms with Crippen molar-refractivity contribution < 1.29 is 18.4 Å². The molecule has 5 nitrogen and oxygen atoms in total. The lowest BCUT2D eigenvalue weighted by molar-refractivity contribution is 0.483. The molecule has 0 fully saturated rings. The summed E-state index contributed by atoms with van der Waals surface area (Å²) in [6, 6.07) is 40.8. The third-order valence-corrected chi connectivity index (χ3v) is 12.6. The van der Waals surface area contributed by atoms with Crippen molar-refractivity contribution >= 4 is 44.6 Å². The van der Waals surface area contributed by atoms with E-state index in [1.54, 1.807) is 24.4 Å². The van der Waals surface area contributed by atoms with Crippen LogP contribution in [0.15, 0.2) is 206 Å². The number of rotatable bonds is 8. The molecular weight excluding hydrogens is 817 g/mol. The molecule has 328 valence electrons. The summed E-state index contributed by atoms with van der Waals surface area (Å²) < 4.78 is 96.4. The zero-order chi connectivity index (χ0) is 54.6. The average Bonchev–Trinajstić information content (AvgIpc) is 3.96. The Kier molecular flexibility index (Phi) is 7.86. The number of para-hydroxylation sites is 3. The molecule has 0 spiro atoms. The van der Waals surface area contributed by atoms with Crippen LogP contribution < -0.4 is 14.5 Å². The van der Waals surface area contributed by atoms with Crippen molar-refractivity contribution in [1.29, 1.82) is 0 Å². The number of benzene rings is 8. The van der Waals surface area contributed by atoms with Crippen LogP contribution in [0.3, 0.4) is 0 Å². The van der Waals surface area contributed by atoms with Crippen LogP contribution in [-0.2, 0) is 10.8 Å². The Labute approximate surface area is 408 Å². The van der Waals surface area contributed by atoms with Crippen molar-refractivity contribution in [2.75, 3.05) is 16.5 Å². The van der Waals surface area contributed by atoms with Gasteiger partial charge >= 0.3 is 0 Å². The Morgan fingerprint density at radius 2 is 1.12 bits per heavy atom. The molecule has 3 heterocycles. The minimum absolute atomic E-state index is 0.0404. The number of hydrogen-bond acceptors (Lipinski definition) is 4. The van der Waals surface area contributed by atoms with E-state index in [4.69, 9.17) is 23.4 Å². The summed E-state index contributed by atoms with van der Waals surface area (Å²) in [5.41, 5.74) is 9.41. The van der Waals surface area contributed by atoms with E-state index in [2.05, 4.69) is 88.6 Å². The molecule has 0 saturated carbocycles. The standard InChI is InChI=1S/C62H54N4O/c1-61(2,3)46-35-45(36-47(38-46)62(4,5)6)44-30-33-55-54(37-44)53-32-31-50(40-58(53)66(55)59-29-15-16-34-63-59)67-49-24-17-23-48(39-49)64-41-65(57-28-14-13-27-56(57)64)60-51(42-19-9-7-10-20-42)25-18-26-52(60)43-21-11-8-12-22-43/h7-40H,41H2,1-6H3/i7D,8D,9D,10D,11D,12D,19D,20D,21D,22D. The van der Waals surface area contributed by atoms with Crippen LogP contribution in [0.25, 0.3) is 61.0 Å². The molecule has 0 saturated heterocycles. The van der Waals surface area contributed by atoms with E-state index in [0.29, 0.717) is 22.9 Å². The second-order valence-corrected chi connectivity index (χ2v) is 19.0. The molecule has 67 heavy (non-hydrogen) atoms. The summed E-state index contributed by atoms with van der Waals surface area (Å²) in [7, 11) is 0. The summed E-state index contributed by atoms with van der Waals surface area (Å²) in [6.07, 6.45) is 1.79. The fourth-order valence-electron chi connectivity index (χ4n) is 9.12. The molecule has 5 heteroatoms. The van der Waals surface area contributed by atoms with Crippen LogP contribution in [-0.4, -0.2) is 16.2 Å². The molecule has 8 aromatic carbocycles. The molecule has 0 aliphatic carbocycles. The third-order valence-electron chi connectivity index (χ3n) is 12.6. The topological polar surface area (TPSA) is 33.5 Å². The van der Waals surface area contributed by atoms with Crippen LogP contribution in [0.5, 0.6) is 11.5 Å². The maximum atomic E-state index is 9.07. The van der Waals surface area contributed by atoms with Crippen molar-refractivity contribution in [3.8, 4) is 50.7 Å². The lowest BCUT2D eigenvalue weighted by Crippen LogP contribution is -2.24. The molecule has 0 N–H and O–H groups in total. The number of anilines is 4. The summed E-state index contributed by atoms with van der Waals surface area (Å²) >= 11 is 0. The van der Waals surface area contributed by atoms with Crippen molar-refractivity contribution in [2.24, 2.45) is 0 Å². The van der Waals surface area contributed by atoms with Crippen molar-refractivity contribution in [1.82, 2.24) is 9.55 Å². The van der Waals surface area contributed by atoms with Gasteiger partial charge in [0.15, 0.2) is 0 Å². The van der Waals surface area contributed by atoms with Gasteiger partial charge in [-0.3, -0.25) is 4.57 Å². The van der Waals surface area contributed by atoms with E-state index in [1.165, 1.54) is 16.7 Å². The van der Waals surface area contributed by atoms with Gasteiger partial charge in [0.05, 0.1) is 41.8 Å². The minimum Gasteiger partial charge on any atom is -0.457 e. The molecule has 1 aliphatic heterocycles. The number of ether oxygens (including phenoxy) is 1. The van der Waals surface area contributed by atoms with Gasteiger partial charge in [0.25, 0.3) is 0 Å². The first-order valence-electron chi connectivity index (χ1n) is 27.5. The van der Waals surface area contributed by atoms with Crippen LogP contribution in [0.2, 0.25) is 0 Å². The highest BCUT2D eigenvalue weighted by Crippen LogP contribution is 2.50. The monoisotopic (exact) mass is 880 g/mol. The van der Waals surface area contributed by atoms with Crippen molar-refractivity contribution in [2.45, 2.75) is 52.4 Å². The molecule has 1 aliphatic rings. The number of aromatic nitrogens is 2. The maximum absolute atomic E-state index is 9.07. The normalized spacial score (nSPS) is 14.9. The Bertz CT molecular complexity index is 3870. The predicted octanol–water partition coefficient (Wildman–Crippen LogP) is 16.8. The van der Waals surface area contributed by atoms with Gasteiger partial charge in [0.1, 0.15) is 24.0 Å². The molecule has 0 unspecified atom stereocenters. The lowest BCUT2D eigenvalue weighted by Gasteiger charge is -2.27. The molecule has 0 amide bonds. The first-order valence-corrected chi connectivity index (χ1v) is 22.5. The van der Waals surface area contributed by atoms with E-state index in [-0.39, 0.29) is 39.8 Å². The van der Waals surface area contributed by atoms with Crippen LogP contribution in [0.4, 0.5) is 22.7 Å². The zero-order valence-electron chi connectivity index (χ0n) is 48.3. The van der Waals surface area contributed by atoms with E-state index in [9.17, 15) is 0 Å². The van der Waals surface area contributed by atoms with Gasteiger partial charge in [0, 0.05) is 45.9 Å². The quantitative estimate of drug-likeness (QED) is 0.152. The molecule has 0 radical (unpaired) electrons. The molecule has 0 bridgehead atoms. The largest absolute Gasteiger partial charge is 0.457 e. The Morgan fingerprint density at radius 1 is 0.493 bits per heavy atom. The van der Waals surface area contributed by atoms with Gasteiger partial charge in [-0.1, -0.05) is 169 Å². The van der Waals surface area contributed by atoms with Crippen molar-refractivity contribution in [3.63, 3.8) is 0 Å². The van der Waals surface area contributed by atoms with E-state index in [1.807, 2.05) is 88.7 Å². The van der Waals surface area contributed by atoms with Gasteiger partial charge in [-0.2, -0.15) is 0 Å². The molecule has 11 rings (SSSR count). The smallest absolute Gasteiger partial charge is 0.137 e. The van der Waals surface area contributed by atoms with Gasteiger partial charge in [-0.15, -0.1) is 0 Å². The van der Waals surface area contributed by atoms with E-state index >= 15 is 0 Å². The van der Waals surface area contributed by atoms with Crippen LogP contribution in [0.1, 0.15) is 66.4 Å². The Morgan fingerprint density at radius 3 is 1.76 bits per heavy atom. The second-order valence-electron chi connectivity index (χ2n) is 19.0. The van der Waals surface area contributed by atoms with E-state index in [0.717, 1.165) is 44.6 Å². The number of fused-ring (bicyclic) bond motifs is 4. The molecule has 0 atom stereocenters. The third kappa shape index (κ3) is 7.80. The number of hydrogen-bond donors (Lipinski definition) is 0. The van der Waals surface area contributed by atoms with Gasteiger partial charge < -0.3 is 14.5 Å². The lowest BCUT2D eigenvalue weighted by atomic mass is 9.79. The van der Waals surface area contributed by atoms with Crippen molar-refractivity contribution in [3.05, 3.63) is 217 Å². The number of nitrogens with zero attached hydrogens (tertiary/aromatic N) is 4. The summed E-state index contributed by atoms with van der Waals surface area (Å²) in [4.78, 5) is 8.75. The fourth-order valence-corrected chi connectivity index (χ4v) is 9.12. The van der Waals surface area contributed by atoms with Crippen LogP contribution >= 0.6 is 0 Å². The summed E-state index contributed by atoms with van der Waals surface area (Å²) in [5, 5.41) is 2.12. The number of pyridine rings is 1.